The molecule has 2 heterocycles. The molecule has 0 aliphatic carbocycles. The Bertz CT molecular complexity index is 1500. The number of rotatable bonds is 9. The minimum atomic E-state index is -4.98. The molecule has 10 nitrogen and oxygen atoms in total. The Labute approximate surface area is 216 Å². The Morgan fingerprint density at radius 3 is 2.32 bits per heavy atom. The summed E-state index contributed by atoms with van der Waals surface area (Å²) < 4.78 is 78.0. The van der Waals surface area contributed by atoms with Crippen molar-refractivity contribution in [2.75, 3.05) is 34.1 Å². The molecule has 0 aliphatic rings. The third kappa shape index (κ3) is 6.68. The third-order valence-corrected chi connectivity index (χ3v) is 6.92. The van der Waals surface area contributed by atoms with Gasteiger partial charge in [-0.3, -0.25) is 9.59 Å². The highest BCUT2D eigenvalue weighted by atomic mass is 32.2. The zero-order valence-electron chi connectivity index (χ0n) is 20.9. The molecule has 0 N–H and O–H groups in total. The molecule has 0 bridgehead atoms. The first-order valence-corrected chi connectivity index (χ1v) is 12.7. The van der Waals surface area contributed by atoms with Crippen LogP contribution in [-0.4, -0.2) is 67.8 Å². The number of benzene rings is 1. The highest BCUT2D eigenvalue weighted by Gasteiger charge is 2.35. The molecule has 0 saturated carbocycles. The van der Waals surface area contributed by atoms with Gasteiger partial charge < -0.3 is 18.9 Å². The van der Waals surface area contributed by atoms with Crippen molar-refractivity contribution in [3.8, 4) is 22.8 Å². The van der Waals surface area contributed by atoms with Gasteiger partial charge in [-0.25, -0.2) is 18.4 Å². The monoisotopic (exact) mass is 554 g/mol. The standard InChI is InChI=1S/C24H25F3N4O6S/c1-30(2)21(32)9-10-38(34,35)23-28-17(12-20(29-23)24(25,26)27)16-6-8-22(33)31(14-16)13-15-5-7-18(36-3)19(11-15)37-4/h5-8,11-12,14H,9-10,13H2,1-4H3. The van der Waals surface area contributed by atoms with Crippen LogP contribution in [0.3, 0.4) is 0 Å². The van der Waals surface area contributed by atoms with E-state index in [4.69, 9.17) is 9.47 Å². The predicted molar refractivity (Wildman–Crippen MR) is 131 cm³/mol. The van der Waals surface area contributed by atoms with E-state index < -0.39 is 50.5 Å². The van der Waals surface area contributed by atoms with Crippen LogP contribution in [-0.2, 0) is 27.4 Å². The topological polar surface area (TPSA) is 121 Å². The van der Waals surface area contributed by atoms with E-state index >= 15 is 0 Å². The largest absolute Gasteiger partial charge is 0.493 e. The Hall–Kier alpha value is -3.94. The van der Waals surface area contributed by atoms with Gasteiger partial charge in [-0.2, -0.15) is 13.2 Å². The number of alkyl halides is 3. The zero-order chi connectivity index (χ0) is 28.3. The van der Waals surface area contributed by atoms with Crippen molar-refractivity contribution >= 4 is 15.7 Å². The van der Waals surface area contributed by atoms with Crippen LogP contribution in [0.2, 0.25) is 0 Å². The molecule has 0 saturated heterocycles. The molecule has 0 atom stereocenters. The van der Waals surface area contributed by atoms with Crippen molar-refractivity contribution in [1.82, 2.24) is 19.4 Å². The van der Waals surface area contributed by atoms with Crippen molar-refractivity contribution in [2.24, 2.45) is 0 Å². The highest BCUT2D eigenvalue weighted by molar-refractivity contribution is 7.91. The van der Waals surface area contributed by atoms with Gasteiger partial charge in [0.15, 0.2) is 11.5 Å². The summed E-state index contributed by atoms with van der Waals surface area (Å²) in [5, 5.41) is -1.06. The Kier molecular flexibility index (Phi) is 8.44. The fourth-order valence-electron chi connectivity index (χ4n) is 3.38. The minimum Gasteiger partial charge on any atom is -0.493 e. The molecule has 2 aromatic heterocycles. The first-order valence-electron chi connectivity index (χ1n) is 11.1. The molecule has 38 heavy (non-hydrogen) atoms. The molecular formula is C24H25F3N4O6S. The summed E-state index contributed by atoms with van der Waals surface area (Å²) in [4.78, 5) is 32.6. The van der Waals surface area contributed by atoms with Crippen LogP contribution in [0.1, 0.15) is 17.7 Å². The van der Waals surface area contributed by atoms with Crippen LogP contribution in [0, 0.1) is 0 Å². The molecule has 14 heteroatoms. The number of sulfone groups is 1. The summed E-state index contributed by atoms with van der Waals surface area (Å²) in [6, 6.07) is 7.94. The normalized spacial score (nSPS) is 11.8. The van der Waals surface area contributed by atoms with Crippen LogP contribution in [0.25, 0.3) is 11.3 Å². The molecule has 1 aromatic carbocycles. The first kappa shape index (κ1) is 28.6. The Balaban J connectivity index is 2.05. The van der Waals surface area contributed by atoms with Crippen LogP contribution >= 0.6 is 0 Å². The Morgan fingerprint density at radius 2 is 1.71 bits per heavy atom. The summed E-state index contributed by atoms with van der Waals surface area (Å²) in [5.41, 5.74) is -1.60. The van der Waals surface area contributed by atoms with Crippen molar-refractivity contribution in [2.45, 2.75) is 24.3 Å². The van der Waals surface area contributed by atoms with Crippen LogP contribution in [0.15, 0.2) is 52.5 Å². The van der Waals surface area contributed by atoms with Crippen molar-refractivity contribution in [1.29, 1.82) is 0 Å². The lowest BCUT2D eigenvalue weighted by Crippen LogP contribution is -2.25. The molecule has 0 radical (unpaired) electrons. The summed E-state index contributed by atoms with van der Waals surface area (Å²) in [7, 11) is 1.31. The van der Waals surface area contributed by atoms with Gasteiger partial charge in [0.1, 0.15) is 5.69 Å². The van der Waals surface area contributed by atoms with E-state index in [1.807, 2.05) is 0 Å². The number of hydrogen-bond acceptors (Lipinski definition) is 8. The number of carbonyl (C=O) groups excluding carboxylic acids is 1. The van der Waals surface area contributed by atoms with Gasteiger partial charge in [-0.05, 0) is 29.8 Å². The molecule has 3 aromatic rings. The first-order chi connectivity index (χ1) is 17.7. The second-order valence-corrected chi connectivity index (χ2v) is 10.4. The highest BCUT2D eigenvalue weighted by Crippen LogP contribution is 2.31. The fourth-order valence-corrected chi connectivity index (χ4v) is 4.48. The maximum Gasteiger partial charge on any atom is 0.433 e. The zero-order valence-corrected chi connectivity index (χ0v) is 21.8. The average Bonchev–Trinajstić information content (AvgIpc) is 2.87. The predicted octanol–water partition coefficient (Wildman–Crippen LogP) is 2.64. The average molecular weight is 555 g/mol. The van der Waals surface area contributed by atoms with Gasteiger partial charge in [0.05, 0.1) is 32.2 Å². The number of amides is 1. The Morgan fingerprint density at radius 1 is 1.03 bits per heavy atom. The number of nitrogens with zero attached hydrogens (tertiary/aromatic N) is 4. The number of halogens is 3. The summed E-state index contributed by atoms with van der Waals surface area (Å²) in [6.45, 7) is 0.0298. The van der Waals surface area contributed by atoms with Gasteiger partial charge in [0.2, 0.25) is 20.9 Å². The molecule has 0 fully saturated rings. The molecular weight excluding hydrogens is 529 g/mol. The minimum absolute atomic E-state index is 0.0298. The van der Waals surface area contributed by atoms with E-state index in [1.54, 1.807) is 18.2 Å². The lowest BCUT2D eigenvalue weighted by Gasteiger charge is -2.14. The van der Waals surface area contributed by atoms with E-state index in [9.17, 15) is 31.2 Å². The van der Waals surface area contributed by atoms with E-state index in [0.29, 0.717) is 23.1 Å². The van der Waals surface area contributed by atoms with Crippen molar-refractivity contribution in [3.05, 3.63) is 64.2 Å². The smallest absolute Gasteiger partial charge is 0.433 e. The van der Waals surface area contributed by atoms with Crippen molar-refractivity contribution < 1.29 is 35.9 Å². The number of pyridine rings is 1. The molecule has 3 rings (SSSR count). The summed E-state index contributed by atoms with van der Waals surface area (Å²) in [5.74, 6) is -0.409. The van der Waals surface area contributed by atoms with E-state index in [0.717, 1.165) is 11.0 Å². The lowest BCUT2D eigenvalue weighted by molar-refractivity contribution is -0.141. The lowest BCUT2D eigenvalue weighted by atomic mass is 10.1. The molecule has 0 aliphatic heterocycles. The summed E-state index contributed by atoms with van der Waals surface area (Å²) >= 11 is 0. The SMILES string of the molecule is COc1ccc(Cn2cc(-c3cc(C(F)(F)F)nc(S(=O)(=O)CCC(=O)N(C)C)n3)ccc2=O)cc1OC. The second-order valence-electron chi connectivity index (χ2n) is 8.35. The van der Waals surface area contributed by atoms with Gasteiger partial charge in [0.25, 0.3) is 5.56 Å². The number of aromatic nitrogens is 3. The van der Waals surface area contributed by atoms with Crippen LogP contribution in [0.4, 0.5) is 13.2 Å². The molecule has 1 amide bonds. The third-order valence-electron chi connectivity index (χ3n) is 5.44. The van der Waals surface area contributed by atoms with Crippen molar-refractivity contribution in [3.63, 3.8) is 0 Å². The molecule has 204 valence electrons. The number of carbonyl (C=O) groups is 1. The number of methoxy groups -OCH3 is 2. The maximum atomic E-state index is 13.6. The molecule has 0 unspecified atom stereocenters. The van der Waals surface area contributed by atoms with Gasteiger partial charge in [-0.1, -0.05) is 6.07 Å². The maximum absolute atomic E-state index is 13.6. The second kappa shape index (κ2) is 11.2. The van der Waals surface area contributed by atoms with E-state index in [-0.39, 0.29) is 17.8 Å². The quantitative estimate of drug-likeness (QED) is 0.370. The number of hydrogen-bond donors (Lipinski definition) is 0. The fraction of sp³-hybridized carbons (Fsp3) is 0.333. The van der Waals surface area contributed by atoms with Crippen LogP contribution in [0.5, 0.6) is 11.5 Å². The summed E-state index contributed by atoms with van der Waals surface area (Å²) in [6.07, 6.45) is -4.16. The molecule has 0 spiro atoms. The van der Waals surface area contributed by atoms with E-state index in [1.165, 1.54) is 45.1 Å². The number of ether oxygens (including phenoxy) is 2. The van der Waals surface area contributed by atoms with Gasteiger partial charge in [-0.15, -0.1) is 0 Å². The van der Waals surface area contributed by atoms with Gasteiger partial charge in [0, 0.05) is 38.3 Å². The van der Waals surface area contributed by atoms with Gasteiger partial charge >= 0.3 is 6.18 Å². The van der Waals surface area contributed by atoms with Crippen LogP contribution < -0.4 is 15.0 Å². The van der Waals surface area contributed by atoms with E-state index in [2.05, 4.69) is 9.97 Å².